The van der Waals surface area contributed by atoms with Crippen molar-refractivity contribution in [1.82, 2.24) is 4.90 Å². The van der Waals surface area contributed by atoms with Gasteiger partial charge in [-0.05, 0) is 56.3 Å². The van der Waals surface area contributed by atoms with Gasteiger partial charge in [-0.15, -0.1) is 0 Å². The van der Waals surface area contributed by atoms with E-state index in [1.807, 2.05) is 49.1 Å². The van der Waals surface area contributed by atoms with Gasteiger partial charge in [0, 0.05) is 49.6 Å². The van der Waals surface area contributed by atoms with E-state index in [0.717, 1.165) is 35.8 Å². The fraction of sp³-hybridized carbons (Fsp3) is 0.435. The lowest BCUT2D eigenvalue weighted by Gasteiger charge is -2.36. The molecule has 0 spiro atoms. The quantitative estimate of drug-likeness (QED) is 0.680. The van der Waals surface area contributed by atoms with Crippen LogP contribution in [0.2, 0.25) is 0 Å². The number of piperazine rings is 1. The van der Waals surface area contributed by atoms with Gasteiger partial charge in [0.25, 0.3) is 5.91 Å². The van der Waals surface area contributed by atoms with Gasteiger partial charge in [-0.2, -0.15) is 0 Å². The molecule has 1 heterocycles. The van der Waals surface area contributed by atoms with Gasteiger partial charge in [-0.3, -0.25) is 4.79 Å². The number of carbonyl (C=O) groups excluding carboxylic acids is 1. The van der Waals surface area contributed by atoms with Crippen LogP contribution in [0.3, 0.4) is 0 Å². The maximum Gasteiger partial charge on any atom is 0.253 e. The summed E-state index contributed by atoms with van der Waals surface area (Å²) < 4.78 is 16.4. The van der Waals surface area contributed by atoms with Crippen molar-refractivity contribution < 1.29 is 19.0 Å². The van der Waals surface area contributed by atoms with Crippen LogP contribution in [0.5, 0.6) is 11.5 Å². The smallest absolute Gasteiger partial charge is 0.253 e. The maximum absolute atomic E-state index is 13.0. The van der Waals surface area contributed by atoms with Crippen LogP contribution in [0, 0.1) is 0 Å². The van der Waals surface area contributed by atoms with Gasteiger partial charge in [0.2, 0.25) is 0 Å². The third kappa shape index (κ3) is 5.21. The van der Waals surface area contributed by atoms with Crippen LogP contribution in [0.15, 0.2) is 42.5 Å². The average Bonchev–Trinajstić information content (AvgIpc) is 2.78. The second-order valence-electron chi connectivity index (χ2n) is 6.87. The first-order valence-electron chi connectivity index (χ1n) is 10.2. The Kier molecular flexibility index (Phi) is 7.36. The molecule has 3 rings (SSSR count). The highest BCUT2D eigenvalue weighted by Crippen LogP contribution is 2.24. The molecule has 0 unspecified atom stereocenters. The molecule has 1 aliphatic heterocycles. The summed E-state index contributed by atoms with van der Waals surface area (Å²) in [6, 6.07) is 13.7. The summed E-state index contributed by atoms with van der Waals surface area (Å²) in [5.41, 5.74) is 2.75. The van der Waals surface area contributed by atoms with Crippen LogP contribution in [-0.2, 0) is 11.3 Å². The highest BCUT2D eigenvalue weighted by molar-refractivity contribution is 5.94. The molecule has 2 aromatic carbocycles. The van der Waals surface area contributed by atoms with Crippen LogP contribution in [0.25, 0.3) is 0 Å². The minimum Gasteiger partial charge on any atom is -0.497 e. The Morgan fingerprint density at radius 3 is 2.31 bits per heavy atom. The molecule has 0 N–H and O–H groups in total. The Bertz CT molecular complexity index is 799. The standard InChI is InChI=1S/C23H30N2O4/c1-4-28-17-19-16-18(6-11-22(19)29-5-2)23(26)25-14-12-24(13-15-25)20-7-9-21(27-3)10-8-20/h6-11,16H,4-5,12-15,17H2,1-3H3. The summed E-state index contributed by atoms with van der Waals surface area (Å²) >= 11 is 0. The predicted molar refractivity (Wildman–Crippen MR) is 114 cm³/mol. The SMILES string of the molecule is CCOCc1cc(C(=O)N2CCN(c3ccc(OC)cc3)CC2)ccc1OCC. The lowest BCUT2D eigenvalue weighted by molar-refractivity contribution is 0.0746. The second kappa shape index (κ2) is 10.2. The fourth-order valence-corrected chi connectivity index (χ4v) is 3.48. The van der Waals surface area contributed by atoms with Gasteiger partial charge in [-0.25, -0.2) is 0 Å². The van der Waals surface area contributed by atoms with E-state index in [1.165, 1.54) is 0 Å². The van der Waals surface area contributed by atoms with E-state index >= 15 is 0 Å². The van der Waals surface area contributed by atoms with Crippen molar-refractivity contribution in [2.75, 3.05) is 51.4 Å². The number of rotatable bonds is 8. The molecule has 1 amide bonds. The van der Waals surface area contributed by atoms with Crippen molar-refractivity contribution in [3.8, 4) is 11.5 Å². The van der Waals surface area contributed by atoms with Crippen LogP contribution >= 0.6 is 0 Å². The number of hydrogen-bond donors (Lipinski definition) is 0. The zero-order valence-corrected chi connectivity index (χ0v) is 17.5. The Morgan fingerprint density at radius 2 is 1.69 bits per heavy atom. The minimum absolute atomic E-state index is 0.0557. The van der Waals surface area contributed by atoms with Crippen molar-refractivity contribution in [3.05, 3.63) is 53.6 Å². The molecule has 0 atom stereocenters. The number of methoxy groups -OCH3 is 1. The van der Waals surface area contributed by atoms with Gasteiger partial charge in [0.15, 0.2) is 0 Å². The maximum atomic E-state index is 13.0. The van der Waals surface area contributed by atoms with Crippen molar-refractivity contribution >= 4 is 11.6 Å². The molecule has 0 aromatic heterocycles. The largest absolute Gasteiger partial charge is 0.497 e. The van der Waals surface area contributed by atoms with Gasteiger partial charge in [-0.1, -0.05) is 0 Å². The lowest BCUT2D eigenvalue weighted by atomic mass is 10.1. The Balaban J connectivity index is 1.65. The summed E-state index contributed by atoms with van der Waals surface area (Å²) in [5.74, 6) is 1.68. The van der Waals surface area contributed by atoms with Crippen molar-refractivity contribution in [3.63, 3.8) is 0 Å². The molecule has 6 nitrogen and oxygen atoms in total. The summed E-state index contributed by atoms with van der Waals surface area (Å²) in [5, 5.41) is 0. The molecule has 0 saturated carbocycles. The van der Waals surface area contributed by atoms with Gasteiger partial charge in [0.05, 0.1) is 20.3 Å². The number of carbonyl (C=O) groups is 1. The molecule has 1 saturated heterocycles. The van der Waals surface area contributed by atoms with E-state index < -0.39 is 0 Å². The molecule has 156 valence electrons. The lowest BCUT2D eigenvalue weighted by Crippen LogP contribution is -2.48. The molecule has 1 aliphatic rings. The van der Waals surface area contributed by atoms with Crippen molar-refractivity contribution in [2.45, 2.75) is 20.5 Å². The first-order valence-corrected chi connectivity index (χ1v) is 10.2. The summed E-state index contributed by atoms with van der Waals surface area (Å²) in [6.45, 7) is 8.55. The molecular weight excluding hydrogens is 368 g/mol. The van der Waals surface area contributed by atoms with Crippen LogP contribution in [0.1, 0.15) is 29.8 Å². The van der Waals surface area contributed by atoms with Crippen LogP contribution < -0.4 is 14.4 Å². The van der Waals surface area contributed by atoms with E-state index in [4.69, 9.17) is 14.2 Å². The van der Waals surface area contributed by atoms with Gasteiger partial charge in [0.1, 0.15) is 11.5 Å². The molecule has 29 heavy (non-hydrogen) atoms. The summed E-state index contributed by atoms with van der Waals surface area (Å²) in [7, 11) is 1.67. The van der Waals surface area contributed by atoms with Crippen LogP contribution in [-0.4, -0.2) is 57.3 Å². The summed E-state index contributed by atoms with van der Waals surface area (Å²) in [4.78, 5) is 17.2. The molecule has 0 radical (unpaired) electrons. The third-order valence-electron chi connectivity index (χ3n) is 5.07. The highest BCUT2D eigenvalue weighted by Gasteiger charge is 2.23. The topological polar surface area (TPSA) is 51.2 Å². The highest BCUT2D eigenvalue weighted by atomic mass is 16.5. The Labute approximate surface area is 173 Å². The van der Waals surface area contributed by atoms with Gasteiger partial charge >= 0.3 is 0 Å². The molecule has 0 bridgehead atoms. The summed E-state index contributed by atoms with van der Waals surface area (Å²) in [6.07, 6.45) is 0. The fourth-order valence-electron chi connectivity index (χ4n) is 3.48. The number of benzene rings is 2. The molecular formula is C23H30N2O4. The molecule has 0 aliphatic carbocycles. The monoisotopic (exact) mass is 398 g/mol. The van der Waals surface area contributed by atoms with Crippen molar-refractivity contribution in [2.24, 2.45) is 0 Å². The second-order valence-corrected chi connectivity index (χ2v) is 6.87. The molecule has 1 fully saturated rings. The zero-order valence-electron chi connectivity index (χ0n) is 17.5. The first-order chi connectivity index (χ1) is 14.2. The Hall–Kier alpha value is -2.73. The van der Waals surface area contributed by atoms with Crippen LogP contribution in [0.4, 0.5) is 5.69 Å². The number of anilines is 1. The first kappa shape index (κ1) is 21.0. The van der Waals surface area contributed by atoms with E-state index in [-0.39, 0.29) is 5.91 Å². The number of ether oxygens (including phenoxy) is 3. The van der Waals surface area contributed by atoms with Crippen molar-refractivity contribution in [1.29, 1.82) is 0 Å². The van der Waals surface area contributed by atoms with Gasteiger partial charge < -0.3 is 24.0 Å². The normalized spacial score (nSPS) is 14.0. The van der Waals surface area contributed by atoms with E-state index in [2.05, 4.69) is 17.0 Å². The average molecular weight is 399 g/mol. The molecule has 6 heteroatoms. The molecule has 2 aromatic rings. The minimum atomic E-state index is 0.0557. The number of hydrogen-bond acceptors (Lipinski definition) is 5. The van der Waals surface area contributed by atoms with E-state index in [9.17, 15) is 4.79 Å². The predicted octanol–water partition coefficient (Wildman–Crippen LogP) is 3.59. The number of amides is 1. The number of nitrogens with zero attached hydrogens (tertiary/aromatic N) is 2. The third-order valence-corrected chi connectivity index (χ3v) is 5.07. The van der Waals surface area contributed by atoms with E-state index in [0.29, 0.717) is 38.5 Å². The Morgan fingerprint density at radius 1 is 0.966 bits per heavy atom. The van der Waals surface area contributed by atoms with E-state index in [1.54, 1.807) is 7.11 Å². The zero-order chi connectivity index (χ0) is 20.6.